The van der Waals surface area contributed by atoms with E-state index < -0.39 is 5.38 Å². The van der Waals surface area contributed by atoms with Gasteiger partial charge in [0.25, 0.3) is 0 Å². The highest BCUT2D eigenvalue weighted by molar-refractivity contribution is 6.30. The summed E-state index contributed by atoms with van der Waals surface area (Å²) < 4.78 is 5.51. The highest BCUT2D eigenvalue weighted by Crippen LogP contribution is 2.13. The van der Waals surface area contributed by atoms with E-state index in [2.05, 4.69) is 0 Å². The van der Waals surface area contributed by atoms with E-state index in [4.69, 9.17) is 16.3 Å². The molecule has 0 saturated carbocycles. The van der Waals surface area contributed by atoms with Crippen molar-refractivity contribution in [3.63, 3.8) is 0 Å². The molecule has 0 radical (unpaired) electrons. The highest BCUT2D eigenvalue weighted by Gasteiger charge is 2.27. The molecule has 3 nitrogen and oxygen atoms in total. The molecule has 0 aliphatic carbocycles. The van der Waals surface area contributed by atoms with Crippen LogP contribution in [0.3, 0.4) is 0 Å². The molecule has 0 aromatic heterocycles. The van der Waals surface area contributed by atoms with Crippen LogP contribution >= 0.6 is 11.6 Å². The average Bonchev–Trinajstić information content (AvgIpc) is 2.01. The van der Waals surface area contributed by atoms with Gasteiger partial charge in [0, 0.05) is 13.1 Å². The van der Waals surface area contributed by atoms with Crippen molar-refractivity contribution in [2.24, 2.45) is 0 Å². The number of alkyl halides is 1. The number of carbonyl (C=O) groups is 1. The molecule has 0 N–H and O–H groups in total. The predicted octanol–water partition coefficient (Wildman–Crippen LogP) is 1.25. The quantitative estimate of drug-likeness (QED) is 0.603. The third-order valence-corrected chi connectivity index (χ3v) is 2.26. The zero-order valence-electron chi connectivity index (χ0n) is 8.29. The third-order valence-electron chi connectivity index (χ3n) is 2.07. The standard InChI is InChI=1S/C9H16ClNO2/c1-6-4-11(5-7(2)13-6)9(12)8(3)10/h6-8H,4-5H2,1-3H3. The van der Waals surface area contributed by atoms with Crippen molar-refractivity contribution in [2.75, 3.05) is 13.1 Å². The van der Waals surface area contributed by atoms with Crippen LogP contribution in [0.15, 0.2) is 0 Å². The lowest BCUT2D eigenvalue weighted by Crippen LogP contribution is -2.50. The van der Waals surface area contributed by atoms with Gasteiger partial charge in [-0.1, -0.05) is 0 Å². The molecule has 1 amide bonds. The Hall–Kier alpha value is -0.280. The second-order valence-corrected chi connectivity index (χ2v) is 4.27. The zero-order valence-corrected chi connectivity index (χ0v) is 9.04. The molecule has 1 saturated heterocycles. The summed E-state index contributed by atoms with van der Waals surface area (Å²) in [6.07, 6.45) is 0.228. The van der Waals surface area contributed by atoms with E-state index in [1.807, 2.05) is 13.8 Å². The maximum Gasteiger partial charge on any atom is 0.240 e. The van der Waals surface area contributed by atoms with Crippen molar-refractivity contribution in [1.29, 1.82) is 0 Å². The largest absolute Gasteiger partial charge is 0.372 e. The fourth-order valence-corrected chi connectivity index (χ4v) is 1.75. The van der Waals surface area contributed by atoms with E-state index in [1.165, 1.54) is 0 Å². The maximum absolute atomic E-state index is 11.5. The number of morpholine rings is 1. The summed E-state index contributed by atoms with van der Waals surface area (Å²) in [5.74, 6) is 0.00340. The van der Waals surface area contributed by atoms with Crippen LogP contribution in [0.25, 0.3) is 0 Å². The van der Waals surface area contributed by atoms with Crippen molar-refractivity contribution in [1.82, 2.24) is 4.90 Å². The molecule has 1 heterocycles. The van der Waals surface area contributed by atoms with E-state index >= 15 is 0 Å². The average molecular weight is 206 g/mol. The van der Waals surface area contributed by atoms with Gasteiger partial charge in [-0.3, -0.25) is 4.79 Å². The molecule has 0 spiro atoms. The van der Waals surface area contributed by atoms with Gasteiger partial charge in [0.1, 0.15) is 5.38 Å². The first-order valence-corrected chi connectivity index (χ1v) is 5.02. The second-order valence-electron chi connectivity index (χ2n) is 3.62. The summed E-state index contributed by atoms with van der Waals surface area (Å²) >= 11 is 5.72. The number of amides is 1. The van der Waals surface area contributed by atoms with Gasteiger partial charge in [0.05, 0.1) is 12.2 Å². The predicted molar refractivity (Wildman–Crippen MR) is 51.9 cm³/mol. The summed E-state index contributed by atoms with van der Waals surface area (Å²) in [6, 6.07) is 0. The van der Waals surface area contributed by atoms with Gasteiger partial charge in [-0.15, -0.1) is 11.6 Å². The molecule has 0 bridgehead atoms. The Bertz CT molecular complexity index is 186. The Morgan fingerprint density at radius 1 is 1.46 bits per heavy atom. The van der Waals surface area contributed by atoms with Crippen LogP contribution in [-0.4, -0.2) is 41.5 Å². The van der Waals surface area contributed by atoms with Crippen molar-refractivity contribution in [3.8, 4) is 0 Å². The minimum Gasteiger partial charge on any atom is -0.372 e. The molecule has 1 fully saturated rings. The van der Waals surface area contributed by atoms with Gasteiger partial charge >= 0.3 is 0 Å². The maximum atomic E-state index is 11.5. The molecule has 3 unspecified atom stereocenters. The molecule has 3 atom stereocenters. The third kappa shape index (κ3) is 2.85. The zero-order chi connectivity index (χ0) is 10.0. The topological polar surface area (TPSA) is 29.5 Å². The first-order chi connectivity index (χ1) is 6.00. The van der Waals surface area contributed by atoms with E-state index in [0.717, 1.165) is 0 Å². The van der Waals surface area contributed by atoms with E-state index in [9.17, 15) is 4.79 Å². The minimum absolute atomic E-state index is 0.00340. The molecule has 1 aliphatic rings. The van der Waals surface area contributed by atoms with Crippen LogP contribution in [0, 0.1) is 0 Å². The van der Waals surface area contributed by atoms with Crippen LogP contribution in [0.1, 0.15) is 20.8 Å². The summed E-state index contributed by atoms with van der Waals surface area (Å²) in [4.78, 5) is 13.3. The normalized spacial score (nSPS) is 31.5. The monoisotopic (exact) mass is 205 g/mol. The fraction of sp³-hybridized carbons (Fsp3) is 0.889. The molecule has 0 aromatic rings. The van der Waals surface area contributed by atoms with Gasteiger partial charge < -0.3 is 9.64 Å². The number of ether oxygens (including phenoxy) is 1. The van der Waals surface area contributed by atoms with Crippen LogP contribution in [0.2, 0.25) is 0 Å². The van der Waals surface area contributed by atoms with Gasteiger partial charge in [0.15, 0.2) is 0 Å². The smallest absolute Gasteiger partial charge is 0.240 e. The summed E-state index contributed by atoms with van der Waals surface area (Å²) in [7, 11) is 0. The number of hydrogen-bond donors (Lipinski definition) is 0. The van der Waals surface area contributed by atoms with Gasteiger partial charge in [0.2, 0.25) is 5.91 Å². The molecule has 1 aliphatic heterocycles. The first-order valence-electron chi connectivity index (χ1n) is 4.59. The van der Waals surface area contributed by atoms with Crippen LogP contribution in [0.5, 0.6) is 0 Å². The first kappa shape index (κ1) is 10.8. The van der Waals surface area contributed by atoms with Crippen molar-refractivity contribution >= 4 is 17.5 Å². The Morgan fingerprint density at radius 2 is 1.92 bits per heavy atom. The molecule has 0 aromatic carbocycles. The van der Waals surface area contributed by atoms with Crippen LogP contribution in [-0.2, 0) is 9.53 Å². The molecule has 1 rings (SSSR count). The Balaban J connectivity index is 2.55. The van der Waals surface area contributed by atoms with Gasteiger partial charge in [-0.05, 0) is 20.8 Å². The second kappa shape index (κ2) is 4.29. The molecular formula is C9H16ClNO2. The lowest BCUT2D eigenvalue weighted by atomic mass is 10.2. The van der Waals surface area contributed by atoms with Crippen molar-refractivity contribution in [2.45, 2.75) is 38.4 Å². The fourth-order valence-electron chi connectivity index (χ4n) is 1.61. The van der Waals surface area contributed by atoms with E-state index in [0.29, 0.717) is 13.1 Å². The van der Waals surface area contributed by atoms with Crippen LogP contribution < -0.4 is 0 Å². The molecule has 4 heteroatoms. The minimum atomic E-state index is -0.433. The Morgan fingerprint density at radius 3 is 2.31 bits per heavy atom. The summed E-state index contributed by atoms with van der Waals surface area (Å²) in [6.45, 7) is 6.94. The van der Waals surface area contributed by atoms with Crippen molar-refractivity contribution < 1.29 is 9.53 Å². The highest BCUT2D eigenvalue weighted by atomic mass is 35.5. The van der Waals surface area contributed by atoms with Crippen LogP contribution in [0.4, 0.5) is 0 Å². The molecule has 13 heavy (non-hydrogen) atoms. The number of halogens is 1. The van der Waals surface area contributed by atoms with Gasteiger partial charge in [-0.2, -0.15) is 0 Å². The van der Waals surface area contributed by atoms with E-state index in [1.54, 1.807) is 11.8 Å². The number of nitrogens with zero attached hydrogens (tertiary/aromatic N) is 1. The van der Waals surface area contributed by atoms with E-state index in [-0.39, 0.29) is 18.1 Å². The Labute approximate surface area is 84.0 Å². The summed E-state index contributed by atoms with van der Waals surface area (Å²) in [5.41, 5.74) is 0. The Kier molecular flexibility index (Phi) is 3.56. The van der Waals surface area contributed by atoms with Crippen molar-refractivity contribution in [3.05, 3.63) is 0 Å². The summed E-state index contributed by atoms with van der Waals surface area (Å²) in [5, 5.41) is -0.433. The molecule has 76 valence electrons. The SMILES string of the molecule is CC1CN(C(=O)C(C)Cl)CC(C)O1. The molecular weight excluding hydrogens is 190 g/mol. The number of carbonyl (C=O) groups excluding carboxylic acids is 1. The van der Waals surface area contributed by atoms with Gasteiger partial charge in [-0.25, -0.2) is 0 Å². The lowest BCUT2D eigenvalue weighted by molar-refractivity contribution is -0.142. The number of rotatable bonds is 1. The number of hydrogen-bond acceptors (Lipinski definition) is 2. The lowest BCUT2D eigenvalue weighted by Gasteiger charge is -2.35.